The second-order valence-electron chi connectivity index (χ2n) is 10.6. The zero-order valence-electron chi connectivity index (χ0n) is 21.0. The van der Waals surface area contributed by atoms with E-state index in [1.165, 1.54) is 38.5 Å². The van der Waals surface area contributed by atoms with Gasteiger partial charge < -0.3 is 14.8 Å². The van der Waals surface area contributed by atoms with E-state index in [4.69, 9.17) is 16.6 Å². The Kier molecular flexibility index (Phi) is 7.33. The fourth-order valence-electron chi connectivity index (χ4n) is 5.97. The third-order valence-corrected chi connectivity index (χ3v) is 8.14. The molecular formula is C29H37ClN4O. The second-order valence-corrected chi connectivity index (χ2v) is 11.0. The minimum Gasteiger partial charge on any atom is -0.378 e. The highest BCUT2D eigenvalue weighted by Gasteiger charge is 2.35. The van der Waals surface area contributed by atoms with E-state index >= 15 is 0 Å². The Hall–Kier alpha value is -2.53. The van der Waals surface area contributed by atoms with Gasteiger partial charge in [0.25, 0.3) is 0 Å². The van der Waals surface area contributed by atoms with Crippen LogP contribution in [0.2, 0.25) is 5.02 Å². The molecule has 6 heteroatoms. The molecule has 1 amide bonds. The van der Waals surface area contributed by atoms with Gasteiger partial charge in [-0.15, -0.1) is 0 Å². The van der Waals surface area contributed by atoms with Crippen LogP contribution in [0.4, 0.5) is 5.69 Å². The number of hydrogen-bond donors (Lipinski definition) is 1. The first kappa shape index (κ1) is 24.2. The van der Waals surface area contributed by atoms with Crippen molar-refractivity contribution < 1.29 is 4.79 Å². The van der Waals surface area contributed by atoms with Gasteiger partial charge in [0.2, 0.25) is 5.91 Å². The predicted octanol–water partition coefficient (Wildman–Crippen LogP) is 6.99. The maximum Gasteiger partial charge on any atom is 0.243 e. The molecule has 1 aromatic heterocycles. The van der Waals surface area contributed by atoms with Crippen molar-refractivity contribution >= 4 is 34.2 Å². The number of benzene rings is 2. The highest BCUT2D eigenvalue weighted by atomic mass is 35.5. The van der Waals surface area contributed by atoms with Crippen molar-refractivity contribution in [3.8, 4) is 11.4 Å². The molecule has 0 bridgehead atoms. The Balaban J connectivity index is 1.66. The summed E-state index contributed by atoms with van der Waals surface area (Å²) in [5, 5.41) is 4.17. The number of nitrogens with zero attached hydrogens (tertiary/aromatic N) is 3. The number of halogens is 1. The van der Waals surface area contributed by atoms with E-state index in [1.54, 1.807) is 0 Å². The third-order valence-electron chi connectivity index (χ3n) is 7.89. The van der Waals surface area contributed by atoms with Gasteiger partial charge in [0.1, 0.15) is 11.9 Å². The monoisotopic (exact) mass is 492 g/mol. The molecule has 0 aliphatic heterocycles. The van der Waals surface area contributed by atoms with Gasteiger partial charge in [-0.05, 0) is 74.1 Å². The van der Waals surface area contributed by atoms with Crippen LogP contribution in [0.5, 0.6) is 0 Å². The Morgan fingerprint density at radius 2 is 1.63 bits per heavy atom. The van der Waals surface area contributed by atoms with E-state index in [0.717, 1.165) is 53.8 Å². The van der Waals surface area contributed by atoms with Gasteiger partial charge in [0, 0.05) is 36.4 Å². The van der Waals surface area contributed by atoms with Gasteiger partial charge in [0.15, 0.2) is 0 Å². The minimum absolute atomic E-state index is 0.161. The lowest BCUT2D eigenvalue weighted by molar-refractivity contribution is -0.127. The topological polar surface area (TPSA) is 50.2 Å². The first-order chi connectivity index (χ1) is 17.0. The molecule has 35 heavy (non-hydrogen) atoms. The van der Waals surface area contributed by atoms with E-state index in [1.807, 2.05) is 24.3 Å². The predicted molar refractivity (Wildman–Crippen MR) is 145 cm³/mol. The van der Waals surface area contributed by atoms with E-state index < -0.39 is 0 Å². The lowest BCUT2D eigenvalue weighted by Gasteiger charge is -2.34. The molecule has 2 aliphatic rings. The van der Waals surface area contributed by atoms with Crippen LogP contribution in [-0.4, -0.2) is 35.6 Å². The molecule has 2 fully saturated rings. The Bertz CT molecular complexity index is 1160. The number of anilines is 1. The van der Waals surface area contributed by atoms with Gasteiger partial charge >= 0.3 is 0 Å². The number of imidazole rings is 1. The Labute approximate surface area is 213 Å². The molecule has 5 nitrogen and oxygen atoms in total. The largest absolute Gasteiger partial charge is 0.378 e. The summed E-state index contributed by atoms with van der Waals surface area (Å²) < 4.78 is 2.25. The minimum atomic E-state index is -0.273. The van der Waals surface area contributed by atoms with Gasteiger partial charge in [-0.3, -0.25) is 4.79 Å². The number of amides is 1. The van der Waals surface area contributed by atoms with Crippen molar-refractivity contribution in [1.82, 2.24) is 14.9 Å². The summed E-state index contributed by atoms with van der Waals surface area (Å²) in [4.78, 5) is 21.3. The molecule has 1 atom stereocenters. The first-order valence-corrected chi connectivity index (χ1v) is 13.6. The highest BCUT2D eigenvalue weighted by Crippen LogP contribution is 2.39. The van der Waals surface area contributed by atoms with Gasteiger partial charge in [-0.2, -0.15) is 0 Å². The number of carbonyl (C=O) groups excluding carboxylic acids is 1. The van der Waals surface area contributed by atoms with Crippen molar-refractivity contribution in [3.63, 3.8) is 0 Å². The van der Waals surface area contributed by atoms with Gasteiger partial charge in [-0.25, -0.2) is 4.98 Å². The quantitative estimate of drug-likeness (QED) is 0.403. The summed E-state index contributed by atoms with van der Waals surface area (Å²) in [6.45, 7) is 0. The van der Waals surface area contributed by atoms with Crippen molar-refractivity contribution in [2.75, 3.05) is 19.0 Å². The van der Waals surface area contributed by atoms with E-state index in [2.05, 4.69) is 47.1 Å². The number of hydrogen-bond acceptors (Lipinski definition) is 3. The molecule has 0 radical (unpaired) electrons. The zero-order chi connectivity index (χ0) is 24.4. The second kappa shape index (κ2) is 10.6. The standard InChI is InChI=1S/C29H37ClN4O/c1-33(2)24-17-18-25-26(19-24)34(28(32-25)21-13-15-22(30)16-14-21)27(20-9-5-3-6-10-20)29(35)31-23-11-7-4-8-12-23/h13-20,23,27H,3-12H2,1-2H3,(H,31,35). The molecule has 0 saturated heterocycles. The van der Waals surface area contributed by atoms with Crippen molar-refractivity contribution in [3.05, 3.63) is 47.5 Å². The fraction of sp³-hybridized carbons (Fsp3) is 0.517. The van der Waals surface area contributed by atoms with Crippen molar-refractivity contribution in [2.24, 2.45) is 5.92 Å². The van der Waals surface area contributed by atoms with Crippen LogP contribution in [0.15, 0.2) is 42.5 Å². The zero-order valence-corrected chi connectivity index (χ0v) is 21.7. The summed E-state index contributed by atoms with van der Waals surface area (Å²) in [6, 6.07) is 14.2. The normalized spacial score (nSPS) is 18.5. The molecule has 1 unspecified atom stereocenters. The summed E-state index contributed by atoms with van der Waals surface area (Å²) in [5.74, 6) is 1.31. The molecule has 1 heterocycles. The number of fused-ring (bicyclic) bond motifs is 1. The van der Waals surface area contributed by atoms with E-state index in [9.17, 15) is 4.79 Å². The van der Waals surface area contributed by atoms with Gasteiger partial charge in [-0.1, -0.05) is 50.1 Å². The van der Waals surface area contributed by atoms with Crippen molar-refractivity contribution in [1.29, 1.82) is 0 Å². The lowest BCUT2D eigenvalue weighted by atomic mass is 9.82. The van der Waals surface area contributed by atoms with E-state index in [-0.39, 0.29) is 18.0 Å². The first-order valence-electron chi connectivity index (χ1n) is 13.3. The lowest BCUT2D eigenvalue weighted by Crippen LogP contribution is -2.43. The molecule has 2 aliphatic carbocycles. The van der Waals surface area contributed by atoms with Crippen LogP contribution in [0.1, 0.15) is 70.3 Å². The summed E-state index contributed by atoms with van der Waals surface area (Å²) in [6.07, 6.45) is 11.6. The number of nitrogens with one attached hydrogen (secondary N) is 1. The molecule has 186 valence electrons. The maximum atomic E-state index is 14.1. The molecule has 5 rings (SSSR count). The van der Waals surface area contributed by atoms with Crippen LogP contribution >= 0.6 is 11.6 Å². The smallest absolute Gasteiger partial charge is 0.243 e. The molecule has 1 N–H and O–H groups in total. The number of rotatable bonds is 6. The highest BCUT2D eigenvalue weighted by molar-refractivity contribution is 6.30. The molecular weight excluding hydrogens is 456 g/mol. The van der Waals surface area contributed by atoms with Crippen LogP contribution in [0.25, 0.3) is 22.4 Å². The maximum absolute atomic E-state index is 14.1. The average Bonchev–Trinajstić information content (AvgIpc) is 3.24. The third kappa shape index (κ3) is 5.20. The van der Waals surface area contributed by atoms with Crippen LogP contribution in [0.3, 0.4) is 0 Å². The van der Waals surface area contributed by atoms with Crippen LogP contribution in [0, 0.1) is 5.92 Å². The van der Waals surface area contributed by atoms with Crippen LogP contribution in [-0.2, 0) is 4.79 Å². The Morgan fingerprint density at radius 3 is 2.29 bits per heavy atom. The number of aromatic nitrogens is 2. The SMILES string of the molecule is CN(C)c1ccc2nc(-c3ccc(Cl)cc3)n(C(C(=O)NC3CCCCC3)C3CCCCC3)c2c1. The molecule has 0 spiro atoms. The summed E-state index contributed by atoms with van der Waals surface area (Å²) >= 11 is 6.22. The fourth-order valence-corrected chi connectivity index (χ4v) is 6.10. The van der Waals surface area contributed by atoms with Crippen LogP contribution < -0.4 is 10.2 Å². The summed E-state index contributed by atoms with van der Waals surface area (Å²) in [5.41, 5.74) is 4.04. The van der Waals surface area contributed by atoms with E-state index in [0.29, 0.717) is 10.9 Å². The number of carbonyl (C=O) groups is 1. The summed E-state index contributed by atoms with van der Waals surface area (Å²) in [7, 11) is 4.10. The average molecular weight is 493 g/mol. The van der Waals surface area contributed by atoms with Crippen molar-refractivity contribution in [2.45, 2.75) is 76.3 Å². The Morgan fingerprint density at radius 1 is 0.971 bits per heavy atom. The van der Waals surface area contributed by atoms with Gasteiger partial charge in [0.05, 0.1) is 11.0 Å². The molecule has 2 saturated carbocycles. The molecule has 3 aromatic rings. The molecule has 2 aromatic carbocycles.